The minimum Gasteiger partial charge on any atom is -0.337 e. The first-order valence-electron chi connectivity index (χ1n) is 6.20. The molecule has 0 radical (unpaired) electrons. The fraction of sp³-hybridized carbons (Fsp3) is 0.909. The quantitative estimate of drug-likeness (QED) is 0.793. The van der Waals surface area contributed by atoms with Gasteiger partial charge in [0, 0.05) is 25.7 Å². The molecule has 0 bridgehead atoms. The third kappa shape index (κ3) is 5.25. The summed E-state index contributed by atoms with van der Waals surface area (Å²) in [6.07, 6.45) is 4.01. The van der Waals surface area contributed by atoms with Crippen LogP contribution in [0.25, 0.3) is 0 Å². The molecule has 2 unspecified atom stereocenters. The molecule has 19 heavy (non-hydrogen) atoms. The lowest BCUT2D eigenvalue weighted by atomic mass is 9.97. The van der Waals surface area contributed by atoms with Crippen molar-refractivity contribution >= 4 is 28.3 Å². The molecule has 2 atom stereocenters. The van der Waals surface area contributed by atoms with Crippen molar-refractivity contribution in [2.24, 2.45) is 5.73 Å². The molecule has 0 aromatic carbocycles. The zero-order valence-electron chi connectivity index (χ0n) is 11.7. The van der Waals surface area contributed by atoms with E-state index in [1.165, 1.54) is 7.05 Å². The number of amides is 1. The number of rotatable bonds is 4. The fourth-order valence-electron chi connectivity index (χ4n) is 2.21. The molecule has 1 amide bonds. The maximum Gasteiger partial charge on any atom is 0.238 e. The molecule has 0 aliphatic carbocycles. The van der Waals surface area contributed by atoms with Crippen LogP contribution in [-0.2, 0) is 14.8 Å². The van der Waals surface area contributed by atoms with Gasteiger partial charge in [-0.1, -0.05) is 0 Å². The first-order valence-corrected chi connectivity index (χ1v) is 8.04. The lowest BCUT2D eigenvalue weighted by Crippen LogP contribution is -2.54. The minimum absolute atomic E-state index is 0. The highest BCUT2D eigenvalue weighted by atomic mass is 35.5. The molecule has 8 heteroatoms. The van der Waals surface area contributed by atoms with E-state index in [0.29, 0.717) is 6.54 Å². The second-order valence-electron chi connectivity index (χ2n) is 5.03. The molecule has 1 heterocycles. The van der Waals surface area contributed by atoms with Crippen molar-refractivity contribution in [2.75, 3.05) is 26.4 Å². The summed E-state index contributed by atoms with van der Waals surface area (Å²) in [5.74, 6) is -0.162. The number of hydrogen-bond donors (Lipinski definition) is 1. The maximum absolute atomic E-state index is 12.1. The summed E-state index contributed by atoms with van der Waals surface area (Å²) in [5.41, 5.74) is 5.89. The number of sulfonamides is 1. The fourth-order valence-corrected chi connectivity index (χ4v) is 2.56. The highest BCUT2D eigenvalue weighted by molar-refractivity contribution is 7.88. The number of likely N-dealkylation sites (N-methyl/N-ethyl adjacent to an activating group) is 1. The first-order chi connectivity index (χ1) is 8.23. The van der Waals surface area contributed by atoms with Crippen LogP contribution >= 0.6 is 12.4 Å². The Morgan fingerprint density at radius 1 is 1.47 bits per heavy atom. The maximum atomic E-state index is 12.1. The molecule has 1 fully saturated rings. The third-order valence-electron chi connectivity index (χ3n) is 3.40. The van der Waals surface area contributed by atoms with Gasteiger partial charge in [0.1, 0.15) is 0 Å². The number of hydrogen-bond acceptors (Lipinski definition) is 4. The Morgan fingerprint density at radius 3 is 2.53 bits per heavy atom. The van der Waals surface area contributed by atoms with Gasteiger partial charge in [-0.15, -0.1) is 12.4 Å². The molecule has 1 saturated heterocycles. The van der Waals surface area contributed by atoms with Crippen molar-refractivity contribution < 1.29 is 13.2 Å². The van der Waals surface area contributed by atoms with Gasteiger partial charge in [-0.05, 0) is 26.2 Å². The van der Waals surface area contributed by atoms with Gasteiger partial charge >= 0.3 is 0 Å². The molecular weight excluding hydrogens is 290 g/mol. The summed E-state index contributed by atoms with van der Waals surface area (Å²) < 4.78 is 23.7. The van der Waals surface area contributed by atoms with E-state index in [2.05, 4.69) is 0 Å². The van der Waals surface area contributed by atoms with E-state index < -0.39 is 10.0 Å². The van der Waals surface area contributed by atoms with Crippen molar-refractivity contribution in [3.05, 3.63) is 0 Å². The van der Waals surface area contributed by atoms with Gasteiger partial charge in [-0.25, -0.2) is 8.42 Å². The number of piperidine rings is 1. The lowest BCUT2D eigenvalue weighted by molar-refractivity contribution is -0.135. The number of nitrogens with two attached hydrogens (primary N) is 1. The van der Waals surface area contributed by atoms with Crippen LogP contribution in [-0.4, -0.2) is 62.0 Å². The summed E-state index contributed by atoms with van der Waals surface area (Å²) in [6.45, 7) is 2.45. The number of carbonyl (C=O) groups is 1. The van der Waals surface area contributed by atoms with Crippen molar-refractivity contribution in [3.8, 4) is 0 Å². The van der Waals surface area contributed by atoms with Crippen LogP contribution in [0.2, 0.25) is 0 Å². The molecule has 1 rings (SSSR count). The van der Waals surface area contributed by atoms with E-state index in [0.717, 1.165) is 29.8 Å². The van der Waals surface area contributed by atoms with E-state index >= 15 is 0 Å². The van der Waals surface area contributed by atoms with Crippen LogP contribution in [0.15, 0.2) is 0 Å². The second-order valence-corrected chi connectivity index (χ2v) is 7.12. The highest BCUT2D eigenvalue weighted by Gasteiger charge is 2.30. The van der Waals surface area contributed by atoms with Crippen molar-refractivity contribution in [1.82, 2.24) is 9.21 Å². The Labute approximate surface area is 121 Å². The first kappa shape index (κ1) is 18.6. The van der Waals surface area contributed by atoms with Crippen molar-refractivity contribution in [3.63, 3.8) is 0 Å². The summed E-state index contributed by atoms with van der Waals surface area (Å²) in [4.78, 5) is 13.9. The lowest BCUT2D eigenvalue weighted by Gasteiger charge is -2.38. The number of carbonyl (C=O) groups excluding carboxylic acids is 1. The highest BCUT2D eigenvalue weighted by Crippen LogP contribution is 2.19. The van der Waals surface area contributed by atoms with E-state index in [4.69, 9.17) is 5.73 Å². The topological polar surface area (TPSA) is 83.7 Å². The van der Waals surface area contributed by atoms with E-state index in [9.17, 15) is 13.2 Å². The van der Waals surface area contributed by atoms with Crippen LogP contribution in [0.3, 0.4) is 0 Å². The van der Waals surface area contributed by atoms with E-state index in [1.54, 1.807) is 4.90 Å². The molecule has 0 aromatic heterocycles. The van der Waals surface area contributed by atoms with Crippen molar-refractivity contribution in [1.29, 1.82) is 0 Å². The summed E-state index contributed by atoms with van der Waals surface area (Å²) >= 11 is 0. The Kier molecular flexibility index (Phi) is 7.28. The molecule has 0 spiro atoms. The molecule has 6 nitrogen and oxygen atoms in total. The second kappa shape index (κ2) is 7.42. The Balaban J connectivity index is 0.00000324. The Morgan fingerprint density at radius 2 is 2.05 bits per heavy atom. The average Bonchev–Trinajstić information content (AvgIpc) is 2.27. The largest absolute Gasteiger partial charge is 0.337 e. The number of halogens is 1. The Bertz CT molecular complexity index is 400. The molecule has 114 valence electrons. The van der Waals surface area contributed by atoms with Crippen LogP contribution in [0.5, 0.6) is 0 Å². The molecule has 2 N–H and O–H groups in total. The van der Waals surface area contributed by atoms with Crippen LogP contribution < -0.4 is 5.73 Å². The summed E-state index contributed by atoms with van der Waals surface area (Å²) in [5, 5.41) is 0. The number of likely N-dealkylation sites (tertiary alicyclic amines) is 1. The van der Waals surface area contributed by atoms with Crippen LogP contribution in [0.1, 0.15) is 26.2 Å². The zero-order valence-corrected chi connectivity index (χ0v) is 13.3. The molecule has 1 aliphatic rings. The summed E-state index contributed by atoms with van der Waals surface area (Å²) in [6, 6.07) is -0.0583. The number of nitrogens with zero attached hydrogens (tertiary/aromatic N) is 2. The van der Waals surface area contributed by atoms with Crippen LogP contribution in [0.4, 0.5) is 0 Å². The molecule has 0 saturated carbocycles. The van der Waals surface area contributed by atoms with Gasteiger partial charge in [0.2, 0.25) is 15.9 Å². The van der Waals surface area contributed by atoms with Gasteiger partial charge in [-0.3, -0.25) is 4.79 Å². The van der Waals surface area contributed by atoms with Gasteiger partial charge in [0.05, 0.1) is 12.8 Å². The van der Waals surface area contributed by atoms with Crippen LogP contribution in [0, 0.1) is 0 Å². The molecule has 1 aliphatic heterocycles. The SMILES string of the molecule is CC(N)C1CCCCN1C(=O)CN(C)S(C)(=O)=O.Cl. The molecular formula is C11H24ClN3O3S. The predicted molar refractivity (Wildman–Crippen MR) is 77.7 cm³/mol. The standard InChI is InChI=1S/C11H23N3O3S.ClH/c1-9(12)10-6-4-5-7-14(10)11(15)8-13(2)18(3,16)17;/h9-10H,4-8,12H2,1-3H3;1H. The minimum atomic E-state index is -3.32. The predicted octanol–water partition coefficient (Wildman–Crippen LogP) is 0.0279. The third-order valence-corrected chi connectivity index (χ3v) is 4.66. The Hall–Kier alpha value is -0.370. The average molecular weight is 314 g/mol. The van der Waals surface area contributed by atoms with Gasteiger partial charge in [0.15, 0.2) is 0 Å². The summed E-state index contributed by atoms with van der Waals surface area (Å²) in [7, 11) is -1.90. The van der Waals surface area contributed by atoms with Gasteiger partial charge in [0.25, 0.3) is 0 Å². The monoisotopic (exact) mass is 313 g/mol. The zero-order chi connectivity index (χ0) is 13.9. The smallest absolute Gasteiger partial charge is 0.238 e. The van der Waals surface area contributed by atoms with Crippen molar-refractivity contribution in [2.45, 2.75) is 38.3 Å². The molecule has 0 aromatic rings. The normalized spacial score (nSPS) is 21.9. The van der Waals surface area contributed by atoms with E-state index in [1.807, 2.05) is 6.92 Å². The van der Waals surface area contributed by atoms with Gasteiger partial charge < -0.3 is 10.6 Å². The van der Waals surface area contributed by atoms with E-state index in [-0.39, 0.29) is 36.9 Å². The van der Waals surface area contributed by atoms with Gasteiger partial charge in [-0.2, -0.15) is 4.31 Å².